The van der Waals surface area contributed by atoms with Gasteiger partial charge in [-0.05, 0) is 12.3 Å². The molecule has 0 aromatic heterocycles. The summed E-state index contributed by atoms with van der Waals surface area (Å²) in [6.45, 7) is 4.70. The number of amides is 1. The summed E-state index contributed by atoms with van der Waals surface area (Å²) >= 11 is 0. The van der Waals surface area contributed by atoms with Crippen LogP contribution in [0.3, 0.4) is 0 Å². The molecule has 5 nitrogen and oxygen atoms in total. The number of carbonyl (C=O) groups is 2. The zero-order valence-corrected chi connectivity index (χ0v) is 10.4. The van der Waals surface area contributed by atoms with Crippen LogP contribution in [0.1, 0.15) is 20.3 Å². The summed E-state index contributed by atoms with van der Waals surface area (Å²) in [6.07, 6.45) is 6.01. The molecular weight excluding hydrogens is 220 g/mol. The molecule has 0 atom stereocenters. The number of terminal acetylenes is 1. The van der Waals surface area contributed by atoms with Crippen molar-refractivity contribution < 1.29 is 14.7 Å². The molecule has 0 saturated carbocycles. The first-order chi connectivity index (χ1) is 7.95. The van der Waals surface area contributed by atoms with Gasteiger partial charge in [-0.2, -0.15) is 0 Å². The average molecular weight is 240 g/mol. The molecule has 0 bridgehead atoms. The molecule has 0 aromatic carbocycles. The third kappa shape index (κ3) is 9.39. The maximum absolute atomic E-state index is 11.5. The van der Waals surface area contributed by atoms with Crippen LogP contribution in [0.15, 0.2) is 0 Å². The summed E-state index contributed by atoms with van der Waals surface area (Å²) in [5, 5.41) is 11.4. The molecule has 0 unspecified atom stereocenters. The number of carboxylic acid groups (broad SMARTS) is 1. The van der Waals surface area contributed by atoms with Gasteiger partial charge in [-0.15, -0.1) is 6.42 Å². The lowest BCUT2D eigenvalue weighted by atomic mass is 10.1. The lowest BCUT2D eigenvalue weighted by molar-refractivity contribution is -0.138. The van der Waals surface area contributed by atoms with Crippen molar-refractivity contribution in [2.24, 2.45) is 5.92 Å². The highest BCUT2D eigenvalue weighted by molar-refractivity contribution is 5.79. The molecule has 0 aliphatic rings. The summed E-state index contributed by atoms with van der Waals surface area (Å²) < 4.78 is 0. The molecule has 0 aliphatic heterocycles. The second kappa shape index (κ2) is 8.59. The molecule has 0 saturated heterocycles. The standard InChI is InChI=1S/C12H20N2O3/c1-4-7-14(9-12(16)17)8-11(15)13-6-5-10(2)3/h1,10H,5-9H2,2-3H3,(H,13,15)(H,16,17). The number of carboxylic acids is 1. The van der Waals surface area contributed by atoms with Crippen molar-refractivity contribution in [1.82, 2.24) is 10.2 Å². The molecule has 0 fully saturated rings. The van der Waals surface area contributed by atoms with Gasteiger partial charge in [-0.1, -0.05) is 19.8 Å². The minimum atomic E-state index is -0.991. The Morgan fingerprint density at radius 2 is 2.06 bits per heavy atom. The first-order valence-electron chi connectivity index (χ1n) is 5.60. The Bertz CT molecular complexity index is 295. The fraction of sp³-hybridized carbons (Fsp3) is 0.667. The monoisotopic (exact) mass is 240 g/mol. The third-order valence-corrected chi connectivity index (χ3v) is 2.08. The zero-order chi connectivity index (χ0) is 13.3. The maximum Gasteiger partial charge on any atom is 0.317 e. The van der Waals surface area contributed by atoms with E-state index in [-0.39, 0.29) is 25.5 Å². The molecule has 0 aromatic rings. The average Bonchev–Trinajstić information content (AvgIpc) is 2.15. The Kier molecular flexibility index (Phi) is 7.82. The summed E-state index contributed by atoms with van der Waals surface area (Å²) in [4.78, 5) is 23.4. The van der Waals surface area contributed by atoms with Gasteiger partial charge in [-0.25, -0.2) is 0 Å². The van der Waals surface area contributed by atoms with E-state index < -0.39 is 5.97 Å². The van der Waals surface area contributed by atoms with Crippen molar-refractivity contribution in [3.8, 4) is 12.3 Å². The molecule has 0 spiro atoms. The van der Waals surface area contributed by atoms with Crippen LogP contribution in [0, 0.1) is 18.3 Å². The van der Waals surface area contributed by atoms with Gasteiger partial charge in [0.05, 0.1) is 19.6 Å². The number of hydrogen-bond donors (Lipinski definition) is 2. The van der Waals surface area contributed by atoms with Crippen molar-refractivity contribution >= 4 is 11.9 Å². The Morgan fingerprint density at radius 3 is 2.53 bits per heavy atom. The molecule has 0 heterocycles. The number of rotatable bonds is 8. The molecule has 1 amide bonds. The Labute approximate surface area is 102 Å². The number of nitrogens with zero attached hydrogens (tertiary/aromatic N) is 1. The van der Waals surface area contributed by atoms with E-state index in [1.165, 1.54) is 4.90 Å². The van der Waals surface area contributed by atoms with E-state index in [2.05, 4.69) is 25.1 Å². The molecular formula is C12H20N2O3. The maximum atomic E-state index is 11.5. The van der Waals surface area contributed by atoms with Gasteiger partial charge in [0.2, 0.25) is 5.91 Å². The summed E-state index contributed by atoms with van der Waals surface area (Å²) in [7, 11) is 0. The van der Waals surface area contributed by atoms with E-state index in [4.69, 9.17) is 11.5 Å². The number of aliphatic carboxylic acids is 1. The normalized spacial score (nSPS) is 10.3. The second-order valence-corrected chi connectivity index (χ2v) is 4.28. The minimum Gasteiger partial charge on any atom is -0.480 e. The molecule has 96 valence electrons. The SMILES string of the molecule is C#CCN(CC(=O)O)CC(=O)NCCC(C)C. The van der Waals surface area contributed by atoms with Crippen molar-refractivity contribution in [2.75, 3.05) is 26.2 Å². The molecule has 17 heavy (non-hydrogen) atoms. The number of nitrogens with one attached hydrogen (secondary N) is 1. The predicted molar refractivity (Wildman–Crippen MR) is 65.4 cm³/mol. The molecule has 2 N–H and O–H groups in total. The molecule has 0 rings (SSSR count). The minimum absolute atomic E-state index is 0.0224. The van der Waals surface area contributed by atoms with Crippen LogP contribution in [-0.4, -0.2) is 48.1 Å². The van der Waals surface area contributed by atoms with Crippen LogP contribution in [0.4, 0.5) is 0 Å². The van der Waals surface area contributed by atoms with Crippen LogP contribution < -0.4 is 5.32 Å². The van der Waals surface area contributed by atoms with Crippen molar-refractivity contribution in [1.29, 1.82) is 0 Å². The van der Waals surface area contributed by atoms with Crippen molar-refractivity contribution in [2.45, 2.75) is 20.3 Å². The van der Waals surface area contributed by atoms with E-state index in [0.29, 0.717) is 12.5 Å². The van der Waals surface area contributed by atoms with E-state index in [9.17, 15) is 9.59 Å². The third-order valence-electron chi connectivity index (χ3n) is 2.08. The highest BCUT2D eigenvalue weighted by atomic mass is 16.4. The quantitative estimate of drug-likeness (QED) is 0.593. The molecule has 5 heteroatoms. The van der Waals surface area contributed by atoms with Gasteiger partial charge < -0.3 is 10.4 Å². The van der Waals surface area contributed by atoms with Crippen LogP contribution in [0.2, 0.25) is 0 Å². The van der Waals surface area contributed by atoms with Crippen molar-refractivity contribution in [3.63, 3.8) is 0 Å². The summed E-state index contributed by atoms with van der Waals surface area (Å²) in [6, 6.07) is 0. The largest absolute Gasteiger partial charge is 0.480 e. The first kappa shape index (κ1) is 15.5. The number of hydrogen-bond acceptors (Lipinski definition) is 3. The summed E-state index contributed by atoms with van der Waals surface area (Å²) in [5.74, 6) is 1.68. The van der Waals surface area contributed by atoms with Gasteiger partial charge >= 0.3 is 5.97 Å². The van der Waals surface area contributed by atoms with Gasteiger partial charge in [0.1, 0.15) is 0 Å². The molecule has 0 radical (unpaired) electrons. The van der Waals surface area contributed by atoms with Gasteiger partial charge in [0.25, 0.3) is 0 Å². The smallest absolute Gasteiger partial charge is 0.317 e. The zero-order valence-electron chi connectivity index (χ0n) is 10.4. The van der Waals surface area contributed by atoms with Gasteiger partial charge in [-0.3, -0.25) is 14.5 Å². The van der Waals surface area contributed by atoms with Crippen molar-refractivity contribution in [3.05, 3.63) is 0 Å². The number of carbonyl (C=O) groups excluding carboxylic acids is 1. The second-order valence-electron chi connectivity index (χ2n) is 4.28. The fourth-order valence-corrected chi connectivity index (χ4v) is 1.25. The van der Waals surface area contributed by atoms with Gasteiger partial charge in [0, 0.05) is 6.54 Å². The van der Waals surface area contributed by atoms with Crippen LogP contribution in [-0.2, 0) is 9.59 Å². The Hall–Kier alpha value is -1.54. The highest BCUT2D eigenvalue weighted by Gasteiger charge is 2.12. The Balaban J connectivity index is 3.95. The van der Waals surface area contributed by atoms with Gasteiger partial charge in [0.15, 0.2) is 0 Å². The highest BCUT2D eigenvalue weighted by Crippen LogP contribution is 1.96. The predicted octanol–water partition coefficient (Wildman–Crippen LogP) is 0.169. The van der Waals surface area contributed by atoms with E-state index in [1.807, 2.05) is 0 Å². The molecule has 0 aliphatic carbocycles. The van der Waals surface area contributed by atoms with E-state index in [0.717, 1.165) is 6.42 Å². The van der Waals surface area contributed by atoms with E-state index >= 15 is 0 Å². The van der Waals surface area contributed by atoms with E-state index in [1.54, 1.807) is 0 Å². The van der Waals surface area contributed by atoms with Crippen LogP contribution in [0.5, 0.6) is 0 Å². The van der Waals surface area contributed by atoms with Crippen LogP contribution >= 0.6 is 0 Å². The topological polar surface area (TPSA) is 69.6 Å². The lowest BCUT2D eigenvalue weighted by Crippen LogP contribution is -2.40. The fourth-order valence-electron chi connectivity index (χ4n) is 1.25. The summed E-state index contributed by atoms with van der Waals surface area (Å²) in [5.41, 5.74) is 0. The van der Waals surface area contributed by atoms with Crippen LogP contribution in [0.25, 0.3) is 0 Å². The first-order valence-corrected chi connectivity index (χ1v) is 5.60. The Morgan fingerprint density at radius 1 is 1.41 bits per heavy atom. The lowest BCUT2D eigenvalue weighted by Gasteiger charge is -2.16.